The van der Waals surface area contributed by atoms with Crippen LogP contribution in [0, 0.1) is 0 Å². The number of nitrogens with one attached hydrogen (secondary N) is 1. The van der Waals surface area contributed by atoms with Crippen molar-refractivity contribution >= 4 is 17.8 Å². The fraction of sp³-hybridized carbons (Fsp3) is 0.286. The van der Waals surface area contributed by atoms with E-state index in [4.69, 9.17) is 9.57 Å². The summed E-state index contributed by atoms with van der Waals surface area (Å²) in [6.07, 6.45) is 0.198. The molecule has 0 saturated carbocycles. The van der Waals surface area contributed by atoms with Gasteiger partial charge in [-0.25, -0.2) is 9.86 Å². The third-order valence-electron chi connectivity index (χ3n) is 4.42. The summed E-state index contributed by atoms with van der Waals surface area (Å²) in [5, 5.41) is 3.80. The van der Waals surface area contributed by atoms with Gasteiger partial charge in [0, 0.05) is 0 Å². The lowest BCUT2D eigenvalue weighted by atomic mass is 9.99. The van der Waals surface area contributed by atoms with Crippen LogP contribution in [-0.2, 0) is 37.0 Å². The minimum Gasteiger partial charge on any atom is -0.459 e. The summed E-state index contributed by atoms with van der Waals surface area (Å²) in [6.45, 7) is 1.52. The van der Waals surface area contributed by atoms with Crippen LogP contribution in [0.15, 0.2) is 60.7 Å². The first-order valence-corrected chi connectivity index (χ1v) is 9.03. The number of hydrogen-bond acceptors (Lipinski definition) is 5. The number of carbonyl (C=O) groups is 3. The van der Waals surface area contributed by atoms with Crippen molar-refractivity contribution in [1.29, 1.82) is 0 Å². The van der Waals surface area contributed by atoms with Gasteiger partial charge in [0.2, 0.25) is 5.91 Å². The number of ether oxygens (including phenoxy) is 1. The Bertz CT molecular complexity index is 825. The van der Waals surface area contributed by atoms with Gasteiger partial charge in [0.25, 0.3) is 5.91 Å². The van der Waals surface area contributed by atoms with Gasteiger partial charge >= 0.3 is 5.97 Å². The highest BCUT2D eigenvalue weighted by Gasteiger charge is 2.46. The summed E-state index contributed by atoms with van der Waals surface area (Å²) in [4.78, 5) is 41.3. The number of esters is 1. The molecule has 0 aromatic heterocycles. The van der Waals surface area contributed by atoms with E-state index >= 15 is 0 Å². The summed E-state index contributed by atoms with van der Waals surface area (Å²) < 4.78 is 5.10. The van der Waals surface area contributed by atoms with Gasteiger partial charge in [0.1, 0.15) is 12.6 Å². The molecule has 2 aromatic rings. The molecule has 1 aliphatic heterocycles. The highest BCUT2D eigenvalue weighted by molar-refractivity contribution is 5.93. The van der Waals surface area contributed by atoms with Crippen LogP contribution in [0.3, 0.4) is 0 Å². The van der Waals surface area contributed by atoms with E-state index in [1.807, 2.05) is 60.7 Å². The summed E-state index contributed by atoms with van der Waals surface area (Å²) in [7, 11) is 0. The highest BCUT2D eigenvalue weighted by Crippen LogP contribution is 2.20. The molecule has 1 N–H and O–H groups in total. The van der Waals surface area contributed by atoms with Crippen LogP contribution in [0.4, 0.5) is 0 Å². The fourth-order valence-electron chi connectivity index (χ4n) is 2.87. The molecule has 0 radical (unpaired) electrons. The van der Waals surface area contributed by atoms with Crippen molar-refractivity contribution in [2.24, 2.45) is 0 Å². The van der Waals surface area contributed by atoms with Gasteiger partial charge < -0.3 is 10.1 Å². The zero-order chi connectivity index (χ0) is 19.9. The molecule has 2 atom stereocenters. The van der Waals surface area contributed by atoms with Crippen molar-refractivity contribution in [1.82, 2.24) is 10.4 Å². The quantitative estimate of drug-likeness (QED) is 0.554. The molecule has 1 fully saturated rings. The van der Waals surface area contributed by atoms with Gasteiger partial charge in [-0.2, -0.15) is 0 Å². The van der Waals surface area contributed by atoms with Gasteiger partial charge in [0.05, 0.1) is 12.5 Å². The summed E-state index contributed by atoms with van der Waals surface area (Å²) >= 11 is 0. The van der Waals surface area contributed by atoms with E-state index < -0.39 is 12.0 Å². The predicted molar refractivity (Wildman–Crippen MR) is 101 cm³/mol. The minimum atomic E-state index is -0.656. The van der Waals surface area contributed by atoms with Crippen molar-refractivity contribution in [2.45, 2.75) is 32.0 Å². The van der Waals surface area contributed by atoms with E-state index in [2.05, 4.69) is 5.32 Å². The average Bonchev–Trinajstić information content (AvgIpc) is 2.72. The Balaban J connectivity index is 1.39. The SMILES string of the molecule is C[C@H]1[C@H](NC(=O)Cc2ccccc2)C(=O)N1OCC(=O)OCc1ccccc1. The van der Waals surface area contributed by atoms with Gasteiger partial charge in [-0.1, -0.05) is 60.7 Å². The second-order valence-electron chi connectivity index (χ2n) is 6.53. The number of amides is 2. The first-order valence-electron chi connectivity index (χ1n) is 9.03. The molecule has 0 aliphatic carbocycles. The number of carbonyl (C=O) groups excluding carboxylic acids is 3. The Morgan fingerprint density at radius 2 is 1.61 bits per heavy atom. The maximum Gasteiger partial charge on any atom is 0.335 e. The van der Waals surface area contributed by atoms with Crippen LogP contribution in [0.2, 0.25) is 0 Å². The Kier molecular flexibility index (Phi) is 6.39. The third kappa shape index (κ3) is 4.95. The van der Waals surface area contributed by atoms with E-state index in [-0.39, 0.29) is 37.5 Å². The standard InChI is InChI=1S/C21H22N2O5/c1-15-20(22-18(24)12-16-8-4-2-5-9-16)21(26)23(15)28-14-19(25)27-13-17-10-6-3-7-11-17/h2-11,15,20H,12-14H2,1H3,(H,22,24)/t15-,20-/m0/s1. The minimum absolute atomic E-state index is 0.144. The number of hydrogen-bond donors (Lipinski definition) is 1. The van der Waals surface area contributed by atoms with Crippen LogP contribution in [0.5, 0.6) is 0 Å². The molecule has 7 heteroatoms. The molecular weight excluding hydrogens is 360 g/mol. The Labute approximate surface area is 163 Å². The zero-order valence-corrected chi connectivity index (χ0v) is 15.5. The molecule has 1 aliphatic rings. The molecule has 2 aromatic carbocycles. The molecular formula is C21H22N2O5. The largest absolute Gasteiger partial charge is 0.459 e. The van der Waals surface area contributed by atoms with Crippen LogP contribution in [-0.4, -0.2) is 41.5 Å². The lowest BCUT2D eigenvalue weighted by Crippen LogP contribution is -2.69. The highest BCUT2D eigenvalue weighted by atomic mass is 16.7. The molecule has 2 amide bonds. The average molecular weight is 382 g/mol. The number of nitrogens with zero attached hydrogens (tertiary/aromatic N) is 1. The maximum absolute atomic E-state index is 12.2. The number of benzene rings is 2. The molecule has 0 unspecified atom stereocenters. The summed E-state index contributed by atoms with van der Waals surface area (Å²) in [6, 6.07) is 17.5. The predicted octanol–water partition coefficient (Wildman–Crippen LogP) is 1.62. The lowest BCUT2D eigenvalue weighted by Gasteiger charge is -2.43. The number of rotatable bonds is 8. The molecule has 1 heterocycles. The second-order valence-corrected chi connectivity index (χ2v) is 6.53. The lowest BCUT2D eigenvalue weighted by molar-refractivity contribution is -0.234. The van der Waals surface area contributed by atoms with Crippen LogP contribution in [0.25, 0.3) is 0 Å². The van der Waals surface area contributed by atoms with E-state index in [1.54, 1.807) is 6.92 Å². The van der Waals surface area contributed by atoms with Crippen LogP contribution in [0.1, 0.15) is 18.1 Å². The second kappa shape index (κ2) is 9.14. The molecule has 3 rings (SSSR count). The topological polar surface area (TPSA) is 84.9 Å². The third-order valence-corrected chi connectivity index (χ3v) is 4.42. The Morgan fingerprint density at radius 1 is 1.00 bits per heavy atom. The molecule has 28 heavy (non-hydrogen) atoms. The van der Waals surface area contributed by atoms with E-state index in [1.165, 1.54) is 0 Å². The van der Waals surface area contributed by atoms with Gasteiger partial charge in [-0.05, 0) is 18.1 Å². The van der Waals surface area contributed by atoms with Crippen molar-refractivity contribution in [2.75, 3.05) is 6.61 Å². The smallest absolute Gasteiger partial charge is 0.335 e. The Hall–Kier alpha value is -3.19. The van der Waals surface area contributed by atoms with E-state index in [0.29, 0.717) is 0 Å². The molecule has 7 nitrogen and oxygen atoms in total. The van der Waals surface area contributed by atoms with E-state index in [9.17, 15) is 14.4 Å². The normalized spacial score (nSPS) is 18.3. The van der Waals surface area contributed by atoms with Gasteiger partial charge in [-0.15, -0.1) is 0 Å². The Morgan fingerprint density at radius 3 is 2.21 bits per heavy atom. The van der Waals surface area contributed by atoms with Crippen molar-refractivity contribution in [3.8, 4) is 0 Å². The zero-order valence-electron chi connectivity index (χ0n) is 15.5. The van der Waals surface area contributed by atoms with Gasteiger partial charge in [-0.3, -0.25) is 14.4 Å². The monoisotopic (exact) mass is 382 g/mol. The van der Waals surface area contributed by atoms with E-state index in [0.717, 1.165) is 16.2 Å². The fourth-order valence-corrected chi connectivity index (χ4v) is 2.87. The van der Waals surface area contributed by atoms with Crippen LogP contribution < -0.4 is 5.32 Å². The van der Waals surface area contributed by atoms with Crippen LogP contribution >= 0.6 is 0 Å². The molecule has 0 spiro atoms. The van der Waals surface area contributed by atoms with Crippen molar-refractivity contribution in [3.63, 3.8) is 0 Å². The van der Waals surface area contributed by atoms with Crippen molar-refractivity contribution in [3.05, 3.63) is 71.8 Å². The molecule has 0 bridgehead atoms. The van der Waals surface area contributed by atoms with Crippen molar-refractivity contribution < 1.29 is 24.0 Å². The molecule has 1 saturated heterocycles. The summed E-state index contributed by atoms with van der Waals surface area (Å²) in [5.74, 6) is -1.19. The number of hydroxylamine groups is 2. The summed E-state index contributed by atoms with van der Waals surface area (Å²) in [5.41, 5.74) is 1.74. The van der Waals surface area contributed by atoms with Gasteiger partial charge in [0.15, 0.2) is 6.61 Å². The number of β-lactam (4-membered cyclic amide) rings is 1. The molecule has 146 valence electrons. The maximum atomic E-state index is 12.2. The first kappa shape index (κ1) is 19.6. The first-order chi connectivity index (χ1) is 13.5.